The maximum Gasteiger partial charge on any atom is 0.0573 e. The van der Waals surface area contributed by atoms with E-state index in [0.717, 1.165) is 13.0 Å². The molecule has 1 unspecified atom stereocenters. The topological polar surface area (TPSA) is 24.9 Å². The Morgan fingerprint density at radius 1 is 1.26 bits per heavy atom. The second-order valence-electron chi connectivity index (χ2n) is 5.08. The van der Waals surface area contributed by atoms with Gasteiger partial charge < -0.3 is 5.32 Å². The van der Waals surface area contributed by atoms with Crippen LogP contribution in [0.2, 0.25) is 0 Å². The first-order valence-corrected chi connectivity index (χ1v) is 7.80. The van der Waals surface area contributed by atoms with E-state index in [4.69, 9.17) is 0 Å². The molecule has 2 heterocycles. The molecule has 0 saturated heterocycles. The first-order valence-electron chi connectivity index (χ1n) is 6.92. The normalized spacial score (nSPS) is 12.8. The van der Waals surface area contributed by atoms with Gasteiger partial charge in [-0.25, -0.2) is 0 Å². The van der Waals surface area contributed by atoms with E-state index < -0.39 is 0 Å². The van der Waals surface area contributed by atoms with Crippen molar-refractivity contribution >= 4 is 11.3 Å². The lowest BCUT2D eigenvalue weighted by atomic mass is 10.0. The average Bonchev–Trinajstić information content (AvgIpc) is 2.93. The molecule has 0 fully saturated rings. The quantitative estimate of drug-likeness (QED) is 0.854. The van der Waals surface area contributed by atoms with E-state index in [-0.39, 0.29) is 0 Å². The summed E-state index contributed by atoms with van der Waals surface area (Å²) >= 11 is 1.82. The SMILES string of the molecule is CCc1cccnc1CNC(c1cccs1)C(C)C. The van der Waals surface area contributed by atoms with E-state index in [1.54, 1.807) is 0 Å². The minimum atomic E-state index is 0.409. The molecule has 0 saturated carbocycles. The van der Waals surface area contributed by atoms with Crippen LogP contribution in [-0.4, -0.2) is 4.98 Å². The Morgan fingerprint density at radius 2 is 2.11 bits per heavy atom. The monoisotopic (exact) mass is 274 g/mol. The number of hydrogen-bond acceptors (Lipinski definition) is 3. The lowest BCUT2D eigenvalue weighted by Crippen LogP contribution is -2.25. The van der Waals surface area contributed by atoms with Crippen LogP contribution in [0.25, 0.3) is 0 Å². The van der Waals surface area contributed by atoms with Crippen LogP contribution in [-0.2, 0) is 13.0 Å². The summed E-state index contributed by atoms with van der Waals surface area (Å²) < 4.78 is 0. The third-order valence-electron chi connectivity index (χ3n) is 3.37. The van der Waals surface area contributed by atoms with E-state index in [9.17, 15) is 0 Å². The van der Waals surface area contributed by atoms with Crippen molar-refractivity contribution in [1.29, 1.82) is 0 Å². The summed E-state index contributed by atoms with van der Waals surface area (Å²) in [6.45, 7) is 7.54. The minimum absolute atomic E-state index is 0.409. The Hall–Kier alpha value is -1.19. The molecule has 0 bridgehead atoms. The van der Waals surface area contributed by atoms with Crippen LogP contribution in [0.1, 0.15) is 42.9 Å². The molecular formula is C16H22N2S. The zero-order chi connectivity index (χ0) is 13.7. The second kappa shape index (κ2) is 6.83. The predicted octanol–water partition coefficient (Wildman–Crippen LogP) is 4.19. The number of nitrogens with one attached hydrogen (secondary N) is 1. The third-order valence-corrected chi connectivity index (χ3v) is 4.33. The molecule has 0 aliphatic heterocycles. The van der Waals surface area contributed by atoms with Gasteiger partial charge in [0.1, 0.15) is 0 Å². The molecule has 102 valence electrons. The van der Waals surface area contributed by atoms with Crippen molar-refractivity contribution in [1.82, 2.24) is 10.3 Å². The van der Waals surface area contributed by atoms with Crippen molar-refractivity contribution in [2.45, 2.75) is 39.8 Å². The van der Waals surface area contributed by atoms with Crippen molar-refractivity contribution in [2.24, 2.45) is 5.92 Å². The smallest absolute Gasteiger partial charge is 0.0573 e. The Labute approximate surface area is 119 Å². The van der Waals surface area contributed by atoms with Gasteiger partial charge in [-0.1, -0.05) is 32.9 Å². The summed E-state index contributed by atoms with van der Waals surface area (Å²) in [4.78, 5) is 5.91. The molecular weight excluding hydrogens is 252 g/mol. The fourth-order valence-corrected chi connectivity index (χ4v) is 3.27. The highest BCUT2D eigenvalue weighted by Crippen LogP contribution is 2.26. The molecule has 0 spiro atoms. The molecule has 0 aliphatic carbocycles. The van der Waals surface area contributed by atoms with Crippen LogP contribution in [0.15, 0.2) is 35.8 Å². The lowest BCUT2D eigenvalue weighted by molar-refractivity contribution is 0.413. The van der Waals surface area contributed by atoms with E-state index in [1.807, 2.05) is 23.6 Å². The highest BCUT2D eigenvalue weighted by Gasteiger charge is 2.16. The molecule has 1 N–H and O–H groups in total. The second-order valence-corrected chi connectivity index (χ2v) is 6.06. The fourth-order valence-electron chi connectivity index (χ4n) is 2.29. The molecule has 2 rings (SSSR count). The van der Waals surface area contributed by atoms with Crippen molar-refractivity contribution in [2.75, 3.05) is 0 Å². The maximum absolute atomic E-state index is 4.50. The highest BCUT2D eigenvalue weighted by molar-refractivity contribution is 7.10. The minimum Gasteiger partial charge on any atom is -0.303 e. The van der Waals surface area contributed by atoms with Gasteiger partial charge in [0, 0.05) is 23.7 Å². The highest BCUT2D eigenvalue weighted by atomic mass is 32.1. The van der Waals surface area contributed by atoms with Gasteiger partial charge in [-0.15, -0.1) is 11.3 Å². The molecule has 0 amide bonds. The number of hydrogen-bond donors (Lipinski definition) is 1. The molecule has 0 aromatic carbocycles. The Bertz CT molecular complexity index is 491. The third kappa shape index (κ3) is 3.64. The fraction of sp³-hybridized carbons (Fsp3) is 0.438. The van der Waals surface area contributed by atoms with Gasteiger partial charge in [-0.05, 0) is 35.4 Å². The average molecular weight is 274 g/mol. The first kappa shape index (κ1) is 14.2. The van der Waals surface area contributed by atoms with Crippen molar-refractivity contribution < 1.29 is 0 Å². The predicted molar refractivity (Wildman–Crippen MR) is 82.4 cm³/mol. The van der Waals surface area contributed by atoms with E-state index in [2.05, 4.69) is 54.7 Å². The largest absolute Gasteiger partial charge is 0.303 e. The van der Waals surface area contributed by atoms with E-state index in [1.165, 1.54) is 16.1 Å². The first-order chi connectivity index (χ1) is 9.22. The summed E-state index contributed by atoms with van der Waals surface area (Å²) in [7, 11) is 0. The summed E-state index contributed by atoms with van der Waals surface area (Å²) in [5.41, 5.74) is 2.51. The number of aromatic nitrogens is 1. The maximum atomic E-state index is 4.50. The zero-order valence-corrected chi connectivity index (χ0v) is 12.7. The molecule has 19 heavy (non-hydrogen) atoms. The van der Waals surface area contributed by atoms with Crippen molar-refractivity contribution in [3.8, 4) is 0 Å². The molecule has 2 aromatic heterocycles. The van der Waals surface area contributed by atoms with Crippen LogP contribution in [0, 0.1) is 5.92 Å². The van der Waals surface area contributed by atoms with Crippen LogP contribution in [0.5, 0.6) is 0 Å². The Morgan fingerprint density at radius 3 is 2.74 bits per heavy atom. The summed E-state index contributed by atoms with van der Waals surface area (Å²) in [6.07, 6.45) is 2.92. The number of nitrogens with zero attached hydrogens (tertiary/aromatic N) is 1. The lowest BCUT2D eigenvalue weighted by Gasteiger charge is -2.21. The number of pyridine rings is 1. The van der Waals surface area contributed by atoms with Crippen LogP contribution < -0.4 is 5.32 Å². The van der Waals surface area contributed by atoms with Crippen molar-refractivity contribution in [3.05, 3.63) is 52.0 Å². The van der Waals surface area contributed by atoms with E-state index in [0.29, 0.717) is 12.0 Å². The molecule has 2 nitrogen and oxygen atoms in total. The summed E-state index contributed by atoms with van der Waals surface area (Å²) in [6, 6.07) is 8.92. The van der Waals surface area contributed by atoms with Crippen LogP contribution >= 0.6 is 11.3 Å². The molecule has 2 aromatic rings. The van der Waals surface area contributed by atoms with Crippen LogP contribution in [0.3, 0.4) is 0 Å². The number of thiophene rings is 1. The Kier molecular flexibility index (Phi) is 5.11. The summed E-state index contributed by atoms with van der Waals surface area (Å²) in [5, 5.41) is 5.80. The molecule has 0 aliphatic rings. The van der Waals surface area contributed by atoms with Gasteiger partial charge in [-0.2, -0.15) is 0 Å². The number of rotatable bonds is 6. The van der Waals surface area contributed by atoms with Gasteiger partial charge >= 0.3 is 0 Å². The van der Waals surface area contributed by atoms with Gasteiger partial charge in [0.2, 0.25) is 0 Å². The van der Waals surface area contributed by atoms with Crippen LogP contribution in [0.4, 0.5) is 0 Å². The van der Waals surface area contributed by atoms with Gasteiger partial charge in [0.25, 0.3) is 0 Å². The summed E-state index contributed by atoms with van der Waals surface area (Å²) in [5.74, 6) is 0.576. The zero-order valence-electron chi connectivity index (χ0n) is 11.9. The number of aryl methyl sites for hydroxylation is 1. The van der Waals surface area contributed by atoms with Gasteiger partial charge in [-0.3, -0.25) is 4.98 Å². The van der Waals surface area contributed by atoms with Gasteiger partial charge in [0.15, 0.2) is 0 Å². The standard InChI is InChI=1S/C16H22N2S/c1-4-13-7-5-9-17-14(13)11-18-16(12(2)3)15-8-6-10-19-15/h5-10,12,16,18H,4,11H2,1-3H3. The molecule has 1 atom stereocenters. The van der Waals surface area contributed by atoms with E-state index >= 15 is 0 Å². The van der Waals surface area contributed by atoms with Crippen molar-refractivity contribution in [3.63, 3.8) is 0 Å². The molecule has 0 radical (unpaired) electrons. The van der Waals surface area contributed by atoms with Gasteiger partial charge in [0.05, 0.1) is 5.69 Å². The molecule has 3 heteroatoms. The Balaban J connectivity index is 2.07.